The minimum atomic E-state index is -0.792. The molecule has 0 unspecified atom stereocenters. The predicted octanol–water partition coefficient (Wildman–Crippen LogP) is 3.73. The maximum atomic E-state index is 13.3. The van der Waals surface area contributed by atoms with Crippen LogP contribution in [0.4, 0.5) is 5.69 Å². The highest BCUT2D eigenvalue weighted by Crippen LogP contribution is 2.38. The molecule has 0 aliphatic rings. The second kappa shape index (κ2) is 11.1. The van der Waals surface area contributed by atoms with Crippen molar-refractivity contribution < 1.29 is 19.2 Å². The topological polar surface area (TPSA) is 152 Å². The number of primary amides is 1. The van der Waals surface area contributed by atoms with Gasteiger partial charge in [0.15, 0.2) is 12.4 Å². The number of hydrogen-bond acceptors (Lipinski definition) is 8. The van der Waals surface area contributed by atoms with Crippen LogP contribution in [0.5, 0.6) is 11.5 Å². The first kappa shape index (κ1) is 25.8. The number of fused-ring (bicyclic) bond motifs is 1. The number of ether oxygens (including phenoxy) is 2. The standard InChI is InChI=1S/C23H24BrN5O6/c1-4-13(3)22-27-17-7-6-15(24)10-16(17)23(31)28(22)26-11-14-8-18(29(32)33)21(35-12-20(25)30)19(9-14)34-5-2/h6-11,13H,4-5,12H2,1-3H3,(H2,25,30)/t13-/m0/s1. The Morgan fingerprint density at radius 3 is 2.69 bits per heavy atom. The highest BCUT2D eigenvalue weighted by molar-refractivity contribution is 9.10. The summed E-state index contributed by atoms with van der Waals surface area (Å²) in [6.45, 7) is 5.23. The Morgan fingerprint density at radius 1 is 1.31 bits per heavy atom. The summed E-state index contributed by atoms with van der Waals surface area (Å²) in [6, 6.07) is 7.90. The SMILES string of the molecule is CCOc1cc(C=Nn2c([C@@H](C)CC)nc3ccc(Br)cc3c2=O)cc([N+](=O)[O-])c1OCC(N)=O. The monoisotopic (exact) mass is 545 g/mol. The van der Waals surface area contributed by atoms with Gasteiger partial charge in [0.25, 0.3) is 11.5 Å². The molecular weight excluding hydrogens is 522 g/mol. The van der Waals surface area contributed by atoms with Crippen molar-refractivity contribution in [2.75, 3.05) is 13.2 Å². The number of hydrogen-bond donors (Lipinski definition) is 1. The quantitative estimate of drug-likeness (QED) is 0.231. The van der Waals surface area contributed by atoms with Crippen LogP contribution in [-0.4, -0.2) is 39.9 Å². The van der Waals surface area contributed by atoms with E-state index in [1.54, 1.807) is 25.1 Å². The second-order valence-corrected chi connectivity index (χ2v) is 8.53. The molecule has 11 nitrogen and oxygen atoms in total. The Morgan fingerprint density at radius 2 is 2.06 bits per heavy atom. The Labute approximate surface area is 208 Å². The van der Waals surface area contributed by atoms with Crippen molar-refractivity contribution >= 4 is 44.6 Å². The number of halogens is 1. The van der Waals surface area contributed by atoms with Crippen molar-refractivity contribution in [1.29, 1.82) is 0 Å². The first-order valence-corrected chi connectivity index (χ1v) is 11.6. The molecule has 1 amide bonds. The van der Waals surface area contributed by atoms with Crippen LogP contribution in [0.15, 0.2) is 44.7 Å². The summed E-state index contributed by atoms with van der Waals surface area (Å²) in [5.41, 5.74) is 5.13. The number of benzene rings is 2. The smallest absolute Gasteiger partial charge is 0.315 e. The molecule has 1 heterocycles. The molecule has 2 aromatic carbocycles. The van der Waals surface area contributed by atoms with Crippen LogP contribution < -0.4 is 20.8 Å². The first-order valence-electron chi connectivity index (χ1n) is 10.8. The normalized spacial score (nSPS) is 12.1. The van der Waals surface area contributed by atoms with E-state index in [4.69, 9.17) is 15.2 Å². The minimum Gasteiger partial charge on any atom is -0.490 e. The van der Waals surface area contributed by atoms with Crippen molar-refractivity contribution in [2.45, 2.75) is 33.1 Å². The van der Waals surface area contributed by atoms with Crippen LogP contribution in [0, 0.1) is 10.1 Å². The van der Waals surface area contributed by atoms with Crippen LogP contribution >= 0.6 is 15.9 Å². The summed E-state index contributed by atoms with van der Waals surface area (Å²) in [5, 5.41) is 16.4. The molecule has 0 bridgehead atoms. The van der Waals surface area contributed by atoms with Gasteiger partial charge in [0.2, 0.25) is 5.75 Å². The summed E-state index contributed by atoms with van der Waals surface area (Å²) >= 11 is 3.37. The second-order valence-electron chi connectivity index (χ2n) is 7.61. The van der Waals surface area contributed by atoms with E-state index in [9.17, 15) is 19.7 Å². The Balaban J connectivity index is 2.17. The van der Waals surface area contributed by atoms with Gasteiger partial charge < -0.3 is 15.2 Å². The lowest BCUT2D eigenvalue weighted by atomic mass is 10.1. The summed E-state index contributed by atoms with van der Waals surface area (Å²) < 4.78 is 12.7. The fourth-order valence-corrected chi connectivity index (χ4v) is 3.63. The zero-order valence-electron chi connectivity index (χ0n) is 19.4. The van der Waals surface area contributed by atoms with Gasteiger partial charge in [0.1, 0.15) is 5.82 Å². The van der Waals surface area contributed by atoms with E-state index >= 15 is 0 Å². The Hall–Kier alpha value is -3.80. The molecule has 2 N–H and O–H groups in total. The van der Waals surface area contributed by atoms with Crippen LogP contribution in [0.3, 0.4) is 0 Å². The Kier molecular flexibility index (Phi) is 8.18. The summed E-state index contributed by atoms with van der Waals surface area (Å²) in [5.74, 6) is -0.586. The minimum absolute atomic E-state index is 0.0412. The lowest BCUT2D eigenvalue weighted by Gasteiger charge is -2.14. The van der Waals surface area contributed by atoms with Gasteiger partial charge in [-0.05, 0) is 37.6 Å². The van der Waals surface area contributed by atoms with E-state index in [1.807, 2.05) is 13.8 Å². The largest absolute Gasteiger partial charge is 0.490 e. The number of nitrogens with zero attached hydrogens (tertiary/aromatic N) is 4. The van der Waals surface area contributed by atoms with Crippen LogP contribution in [0.1, 0.15) is 44.5 Å². The third-order valence-corrected chi connectivity index (χ3v) is 5.61. The lowest BCUT2D eigenvalue weighted by molar-refractivity contribution is -0.385. The molecule has 1 atom stereocenters. The van der Waals surface area contributed by atoms with Crippen LogP contribution in [-0.2, 0) is 4.79 Å². The number of nitrogens with two attached hydrogens (primary N) is 1. The van der Waals surface area contributed by atoms with Gasteiger partial charge in [0, 0.05) is 22.0 Å². The van der Waals surface area contributed by atoms with Crippen LogP contribution in [0.2, 0.25) is 0 Å². The number of amides is 1. The van der Waals surface area contributed by atoms with Gasteiger partial charge in [-0.3, -0.25) is 19.7 Å². The molecule has 0 spiro atoms. The van der Waals surface area contributed by atoms with Crippen molar-refractivity contribution in [1.82, 2.24) is 9.66 Å². The zero-order valence-corrected chi connectivity index (χ0v) is 20.9. The summed E-state index contributed by atoms with van der Waals surface area (Å²) in [7, 11) is 0. The molecule has 35 heavy (non-hydrogen) atoms. The van der Waals surface area contributed by atoms with Gasteiger partial charge in [-0.1, -0.05) is 29.8 Å². The van der Waals surface area contributed by atoms with Crippen molar-refractivity contribution in [3.63, 3.8) is 0 Å². The number of nitro benzene ring substituents is 1. The van der Waals surface area contributed by atoms with Gasteiger partial charge in [-0.25, -0.2) is 4.98 Å². The summed E-state index contributed by atoms with van der Waals surface area (Å²) in [4.78, 5) is 40.1. The molecule has 0 fully saturated rings. The van der Waals surface area contributed by atoms with E-state index in [2.05, 4.69) is 26.0 Å². The molecule has 0 saturated carbocycles. The molecule has 184 valence electrons. The highest BCUT2D eigenvalue weighted by atomic mass is 79.9. The average molecular weight is 546 g/mol. The molecule has 3 rings (SSSR count). The molecular formula is C23H24BrN5O6. The van der Waals surface area contributed by atoms with E-state index in [1.165, 1.54) is 23.0 Å². The average Bonchev–Trinajstić information content (AvgIpc) is 2.82. The fourth-order valence-electron chi connectivity index (χ4n) is 3.27. The molecule has 12 heteroatoms. The molecule has 0 aliphatic carbocycles. The van der Waals surface area contributed by atoms with Gasteiger partial charge in [-0.15, -0.1) is 0 Å². The molecule has 0 saturated heterocycles. The van der Waals surface area contributed by atoms with Crippen molar-refractivity contribution in [2.24, 2.45) is 10.8 Å². The summed E-state index contributed by atoms with van der Waals surface area (Å²) in [6.07, 6.45) is 2.03. The Bertz CT molecular complexity index is 1370. The van der Waals surface area contributed by atoms with Crippen molar-refractivity contribution in [3.05, 3.63) is 66.7 Å². The molecule has 0 aliphatic heterocycles. The first-order chi connectivity index (χ1) is 16.7. The van der Waals surface area contributed by atoms with E-state index in [0.717, 1.165) is 10.9 Å². The molecule has 0 radical (unpaired) electrons. The highest BCUT2D eigenvalue weighted by Gasteiger charge is 2.23. The predicted molar refractivity (Wildman–Crippen MR) is 134 cm³/mol. The fraction of sp³-hybridized carbons (Fsp3) is 0.304. The van der Waals surface area contributed by atoms with Crippen LogP contribution in [0.25, 0.3) is 10.9 Å². The van der Waals surface area contributed by atoms with E-state index in [-0.39, 0.29) is 35.1 Å². The number of carbonyl (C=O) groups is 1. The lowest BCUT2D eigenvalue weighted by Crippen LogP contribution is -2.23. The third kappa shape index (κ3) is 5.83. The van der Waals surface area contributed by atoms with Crippen molar-refractivity contribution in [3.8, 4) is 11.5 Å². The third-order valence-electron chi connectivity index (χ3n) is 5.12. The maximum Gasteiger partial charge on any atom is 0.315 e. The number of carbonyl (C=O) groups excluding carboxylic acids is 1. The van der Waals surface area contributed by atoms with Gasteiger partial charge in [-0.2, -0.15) is 9.78 Å². The number of aromatic nitrogens is 2. The van der Waals surface area contributed by atoms with E-state index < -0.39 is 23.1 Å². The maximum absolute atomic E-state index is 13.3. The zero-order chi connectivity index (χ0) is 25.7. The molecule has 1 aromatic heterocycles. The number of rotatable bonds is 10. The van der Waals surface area contributed by atoms with Gasteiger partial charge >= 0.3 is 5.69 Å². The number of nitro groups is 1. The van der Waals surface area contributed by atoms with E-state index in [0.29, 0.717) is 16.7 Å². The van der Waals surface area contributed by atoms with Gasteiger partial charge in [0.05, 0.1) is 28.6 Å². The molecule has 3 aromatic rings.